The lowest BCUT2D eigenvalue weighted by atomic mass is 9.96. The minimum Gasteiger partial charge on any atom is -0.493 e. The zero-order chi connectivity index (χ0) is 22.1. The van der Waals surface area contributed by atoms with Crippen molar-refractivity contribution >= 4 is 0 Å². The molecule has 0 spiro atoms. The summed E-state index contributed by atoms with van der Waals surface area (Å²) in [5.41, 5.74) is 3.37. The van der Waals surface area contributed by atoms with Crippen LogP contribution < -0.4 is 4.74 Å². The van der Waals surface area contributed by atoms with E-state index in [-0.39, 0.29) is 5.56 Å². The molecular formula is C28H32F2O. The maximum absolute atomic E-state index is 15.1. The highest BCUT2D eigenvalue weighted by Crippen LogP contribution is 2.35. The van der Waals surface area contributed by atoms with Crippen molar-refractivity contribution in [3.63, 3.8) is 0 Å². The summed E-state index contributed by atoms with van der Waals surface area (Å²) in [5.74, 6) is -1.12. The Hall–Kier alpha value is -2.68. The van der Waals surface area contributed by atoms with E-state index >= 15 is 8.78 Å². The number of rotatable bonds is 11. The average molecular weight is 423 g/mol. The van der Waals surface area contributed by atoms with Crippen molar-refractivity contribution in [3.8, 4) is 28.0 Å². The molecule has 0 unspecified atom stereocenters. The Kier molecular flexibility index (Phi) is 8.63. The van der Waals surface area contributed by atoms with Crippen LogP contribution in [0, 0.1) is 11.6 Å². The van der Waals surface area contributed by atoms with Gasteiger partial charge in [-0.3, -0.25) is 0 Å². The van der Waals surface area contributed by atoms with Crippen LogP contribution in [-0.2, 0) is 6.42 Å². The maximum atomic E-state index is 15.1. The van der Waals surface area contributed by atoms with E-state index in [1.807, 2.05) is 61.5 Å². The predicted octanol–water partition coefficient (Wildman–Crippen LogP) is 8.60. The first kappa shape index (κ1) is 23.0. The summed E-state index contributed by atoms with van der Waals surface area (Å²) >= 11 is 0. The summed E-state index contributed by atoms with van der Waals surface area (Å²) in [5, 5.41) is 0. The summed E-state index contributed by atoms with van der Waals surface area (Å²) in [4.78, 5) is 0. The van der Waals surface area contributed by atoms with Crippen molar-refractivity contribution < 1.29 is 13.5 Å². The highest BCUT2D eigenvalue weighted by atomic mass is 19.2. The molecule has 0 radical (unpaired) electrons. The van der Waals surface area contributed by atoms with Gasteiger partial charge < -0.3 is 4.74 Å². The Morgan fingerprint density at radius 3 is 1.97 bits per heavy atom. The van der Waals surface area contributed by atoms with Crippen LogP contribution in [0.3, 0.4) is 0 Å². The van der Waals surface area contributed by atoms with E-state index in [4.69, 9.17) is 4.74 Å². The van der Waals surface area contributed by atoms with Gasteiger partial charge in [-0.15, -0.1) is 0 Å². The third kappa shape index (κ3) is 5.94. The van der Waals surface area contributed by atoms with Gasteiger partial charge in [0.2, 0.25) is 0 Å². The van der Waals surface area contributed by atoms with Gasteiger partial charge in [-0.1, -0.05) is 93.6 Å². The van der Waals surface area contributed by atoms with Crippen molar-refractivity contribution in [2.75, 3.05) is 6.61 Å². The number of ether oxygens (including phenoxy) is 1. The van der Waals surface area contributed by atoms with Gasteiger partial charge in [0.1, 0.15) is 5.75 Å². The second-order valence-corrected chi connectivity index (χ2v) is 7.92. The van der Waals surface area contributed by atoms with Crippen molar-refractivity contribution in [2.45, 2.75) is 58.8 Å². The fourth-order valence-electron chi connectivity index (χ4n) is 3.92. The number of hydrogen-bond donors (Lipinski definition) is 0. The second kappa shape index (κ2) is 11.6. The van der Waals surface area contributed by atoms with Crippen molar-refractivity contribution in [1.29, 1.82) is 0 Å². The Morgan fingerprint density at radius 1 is 0.677 bits per heavy atom. The van der Waals surface area contributed by atoms with E-state index in [2.05, 4.69) is 6.92 Å². The van der Waals surface area contributed by atoms with Gasteiger partial charge in [0, 0.05) is 11.1 Å². The van der Waals surface area contributed by atoms with Crippen molar-refractivity contribution in [3.05, 3.63) is 77.9 Å². The number of benzene rings is 3. The zero-order valence-corrected chi connectivity index (χ0v) is 18.6. The minimum atomic E-state index is -0.795. The largest absolute Gasteiger partial charge is 0.493 e. The third-order valence-corrected chi connectivity index (χ3v) is 5.65. The molecule has 1 nitrogen and oxygen atoms in total. The van der Waals surface area contributed by atoms with Crippen LogP contribution in [0.4, 0.5) is 8.78 Å². The van der Waals surface area contributed by atoms with Gasteiger partial charge in [0.25, 0.3) is 0 Å². The van der Waals surface area contributed by atoms with E-state index in [0.717, 1.165) is 30.4 Å². The Bertz CT molecular complexity index is 949. The molecule has 0 N–H and O–H groups in total. The third-order valence-electron chi connectivity index (χ3n) is 5.65. The fourth-order valence-corrected chi connectivity index (χ4v) is 3.92. The van der Waals surface area contributed by atoms with Gasteiger partial charge >= 0.3 is 0 Å². The Morgan fingerprint density at radius 2 is 1.29 bits per heavy atom. The summed E-state index contributed by atoms with van der Waals surface area (Å²) in [6.45, 7) is 4.47. The van der Waals surface area contributed by atoms with Gasteiger partial charge in [-0.25, -0.2) is 8.78 Å². The lowest BCUT2D eigenvalue weighted by molar-refractivity contribution is 0.331. The van der Waals surface area contributed by atoms with Gasteiger partial charge in [0.15, 0.2) is 11.6 Å². The number of hydrogen-bond acceptors (Lipinski definition) is 1. The molecule has 3 heteroatoms. The molecule has 3 rings (SSSR count). The molecule has 3 aromatic rings. The fraction of sp³-hybridized carbons (Fsp3) is 0.357. The molecule has 0 saturated carbocycles. The van der Waals surface area contributed by atoms with E-state index in [1.165, 1.54) is 19.3 Å². The van der Waals surface area contributed by atoms with Gasteiger partial charge in [0.05, 0.1) is 6.61 Å². The topological polar surface area (TPSA) is 9.23 Å². The van der Waals surface area contributed by atoms with Crippen LogP contribution in [0.25, 0.3) is 22.3 Å². The molecule has 0 bridgehead atoms. The van der Waals surface area contributed by atoms with Crippen molar-refractivity contribution in [1.82, 2.24) is 0 Å². The van der Waals surface area contributed by atoms with E-state index in [0.29, 0.717) is 29.9 Å². The molecule has 3 aromatic carbocycles. The molecule has 0 saturated heterocycles. The van der Waals surface area contributed by atoms with Gasteiger partial charge in [-0.05, 0) is 42.5 Å². The normalized spacial score (nSPS) is 11.0. The first-order chi connectivity index (χ1) is 15.2. The van der Waals surface area contributed by atoms with Crippen LogP contribution in [0.5, 0.6) is 5.75 Å². The van der Waals surface area contributed by atoms with E-state index < -0.39 is 11.6 Å². The smallest absolute Gasteiger partial charge is 0.167 e. The quantitative estimate of drug-likeness (QED) is 0.281. The van der Waals surface area contributed by atoms with Crippen LogP contribution in [-0.4, -0.2) is 6.61 Å². The summed E-state index contributed by atoms with van der Waals surface area (Å²) in [6, 6.07) is 19.2. The lowest BCUT2D eigenvalue weighted by Crippen LogP contribution is -2.04. The molecule has 0 amide bonds. The number of halogens is 2. The molecule has 0 aliphatic rings. The van der Waals surface area contributed by atoms with Crippen LogP contribution in [0.1, 0.15) is 57.9 Å². The van der Waals surface area contributed by atoms with Crippen LogP contribution in [0.2, 0.25) is 0 Å². The highest BCUT2D eigenvalue weighted by Gasteiger charge is 2.20. The van der Waals surface area contributed by atoms with Crippen LogP contribution in [0.15, 0.2) is 60.7 Å². The summed E-state index contributed by atoms with van der Waals surface area (Å²) < 4.78 is 35.8. The average Bonchev–Trinajstić information content (AvgIpc) is 2.81. The Balaban J connectivity index is 1.82. The lowest BCUT2D eigenvalue weighted by Gasteiger charge is -2.15. The maximum Gasteiger partial charge on any atom is 0.167 e. The van der Waals surface area contributed by atoms with Gasteiger partial charge in [-0.2, -0.15) is 0 Å². The molecule has 31 heavy (non-hydrogen) atoms. The molecule has 0 aliphatic heterocycles. The predicted molar refractivity (Wildman–Crippen MR) is 125 cm³/mol. The first-order valence-electron chi connectivity index (χ1n) is 11.4. The summed E-state index contributed by atoms with van der Waals surface area (Å²) in [7, 11) is 0. The highest BCUT2D eigenvalue weighted by molar-refractivity contribution is 5.72. The van der Waals surface area contributed by atoms with E-state index in [9.17, 15) is 0 Å². The molecule has 0 aromatic heterocycles. The Labute approximate surface area is 185 Å². The number of unbranched alkanes of at least 4 members (excludes halogenated alkanes) is 5. The molecule has 0 aliphatic carbocycles. The van der Waals surface area contributed by atoms with Crippen molar-refractivity contribution in [2.24, 2.45) is 0 Å². The van der Waals surface area contributed by atoms with Crippen LogP contribution >= 0.6 is 0 Å². The molecule has 0 atom stereocenters. The standard InChI is InChI=1S/C28H32F2O/c1-3-5-6-7-8-12-15-24-26(31-4-2)20-25(28(30)27(24)29)23-18-16-22(17-19-23)21-13-10-9-11-14-21/h9-11,13-14,16-20H,3-8,12,15H2,1-2H3. The zero-order valence-electron chi connectivity index (χ0n) is 18.6. The molecule has 0 fully saturated rings. The monoisotopic (exact) mass is 422 g/mol. The first-order valence-corrected chi connectivity index (χ1v) is 11.4. The minimum absolute atomic E-state index is 0.243. The molecule has 164 valence electrons. The molecule has 0 heterocycles. The SMILES string of the molecule is CCCCCCCCc1c(OCC)cc(-c2ccc(-c3ccccc3)cc2)c(F)c1F. The second-order valence-electron chi connectivity index (χ2n) is 7.92. The summed E-state index contributed by atoms with van der Waals surface area (Å²) in [6.07, 6.45) is 7.11. The van der Waals surface area contributed by atoms with E-state index in [1.54, 1.807) is 6.07 Å². The molecular weight excluding hydrogens is 390 g/mol.